The summed E-state index contributed by atoms with van der Waals surface area (Å²) in [5.41, 5.74) is 1.17. The molecule has 0 radical (unpaired) electrons. The minimum atomic E-state index is 0.117. The summed E-state index contributed by atoms with van der Waals surface area (Å²) >= 11 is 0. The monoisotopic (exact) mass is 237 g/mol. The summed E-state index contributed by atoms with van der Waals surface area (Å²) < 4.78 is 6.93. The summed E-state index contributed by atoms with van der Waals surface area (Å²) in [6.07, 6.45) is 3.78. The van der Waals surface area contributed by atoms with Crippen LogP contribution < -0.4 is 0 Å². The first-order chi connectivity index (χ1) is 8.16. The molecule has 1 aliphatic heterocycles. The van der Waals surface area contributed by atoms with Crippen LogP contribution in [0.15, 0.2) is 12.4 Å². The van der Waals surface area contributed by atoms with E-state index < -0.39 is 0 Å². The number of hydrogen-bond acceptors (Lipinski definition) is 3. The SMILES string of the molecule is CC(C)c1cnn(CC(=O)N2CCOCC2)c1. The van der Waals surface area contributed by atoms with Crippen molar-refractivity contribution in [2.24, 2.45) is 0 Å². The molecule has 17 heavy (non-hydrogen) atoms. The van der Waals surface area contributed by atoms with Crippen molar-refractivity contribution in [2.45, 2.75) is 26.3 Å². The van der Waals surface area contributed by atoms with E-state index in [0.29, 0.717) is 38.8 Å². The van der Waals surface area contributed by atoms with Crippen LogP contribution in [-0.2, 0) is 16.1 Å². The molecule has 0 aliphatic carbocycles. The first-order valence-electron chi connectivity index (χ1n) is 6.04. The van der Waals surface area contributed by atoms with Crippen LogP contribution >= 0.6 is 0 Å². The highest BCUT2D eigenvalue weighted by Crippen LogP contribution is 2.12. The molecule has 5 nitrogen and oxygen atoms in total. The van der Waals surface area contributed by atoms with Crippen molar-refractivity contribution in [1.82, 2.24) is 14.7 Å². The molecule has 0 aromatic carbocycles. The minimum absolute atomic E-state index is 0.117. The second-order valence-corrected chi connectivity index (χ2v) is 4.62. The van der Waals surface area contributed by atoms with E-state index in [0.717, 1.165) is 0 Å². The van der Waals surface area contributed by atoms with E-state index in [1.165, 1.54) is 5.56 Å². The Hall–Kier alpha value is -1.36. The molecule has 1 fully saturated rings. The molecule has 5 heteroatoms. The maximum atomic E-state index is 12.0. The van der Waals surface area contributed by atoms with Crippen LogP contribution in [0, 0.1) is 0 Å². The lowest BCUT2D eigenvalue weighted by Gasteiger charge is -2.26. The molecule has 1 amide bonds. The van der Waals surface area contributed by atoms with E-state index in [4.69, 9.17) is 4.74 Å². The third-order valence-corrected chi connectivity index (χ3v) is 2.98. The average Bonchev–Trinajstić information content (AvgIpc) is 2.79. The largest absolute Gasteiger partial charge is 0.378 e. The lowest BCUT2D eigenvalue weighted by Crippen LogP contribution is -2.42. The number of hydrogen-bond donors (Lipinski definition) is 0. The van der Waals surface area contributed by atoms with Crippen LogP contribution in [0.3, 0.4) is 0 Å². The van der Waals surface area contributed by atoms with E-state index in [2.05, 4.69) is 18.9 Å². The molecule has 2 rings (SSSR count). The van der Waals surface area contributed by atoms with Gasteiger partial charge in [0.25, 0.3) is 0 Å². The lowest BCUT2D eigenvalue weighted by molar-refractivity contribution is -0.136. The number of nitrogens with zero attached hydrogens (tertiary/aromatic N) is 3. The first kappa shape index (κ1) is 12.1. The highest BCUT2D eigenvalue weighted by atomic mass is 16.5. The smallest absolute Gasteiger partial charge is 0.244 e. The molecule has 0 N–H and O–H groups in total. The molecular formula is C12H19N3O2. The number of morpholine rings is 1. The van der Waals surface area contributed by atoms with Crippen LogP contribution in [0.25, 0.3) is 0 Å². The van der Waals surface area contributed by atoms with Crippen LogP contribution in [0.2, 0.25) is 0 Å². The van der Waals surface area contributed by atoms with Gasteiger partial charge in [-0.25, -0.2) is 0 Å². The third-order valence-electron chi connectivity index (χ3n) is 2.98. The summed E-state index contributed by atoms with van der Waals surface area (Å²) in [5.74, 6) is 0.564. The van der Waals surface area contributed by atoms with Gasteiger partial charge in [-0.3, -0.25) is 9.48 Å². The van der Waals surface area contributed by atoms with Crippen molar-refractivity contribution >= 4 is 5.91 Å². The fourth-order valence-electron chi connectivity index (χ4n) is 1.82. The Kier molecular flexibility index (Phi) is 3.78. The van der Waals surface area contributed by atoms with Crippen molar-refractivity contribution in [3.05, 3.63) is 18.0 Å². The molecule has 0 unspecified atom stereocenters. The zero-order valence-electron chi connectivity index (χ0n) is 10.4. The molecule has 2 heterocycles. The Morgan fingerprint density at radius 3 is 2.76 bits per heavy atom. The van der Waals surface area contributed by atoms with Crippen LogP contribution in [-0.4, -0.2) is 46.9 Å². The standard InChI is InChI=1S/C12H19N3O2/c1-10(2)11-7-13-15(8-11)9-12(16)14-3-5-17-6-4-14/h7-8,10H,3-6,9H2,1-2H3. The zero-order chi connectivity index (χ0) is 12.3. The molecule has 1 aliphatic rings. The van der Waals surface area contributed by atoms with Gasteiger partial charge in [0.1, 0.15) is 6.54 Å². The number of rotatable bonds is 3. The fraction of sp³-hybridized carbons (Fsp3) is 0.667. The van der Waals surface area contributed by atoms with Gasteiger partial charge in [-0.15, -0.1) is 0 Å². The zero-order valence-corrected chi connectivity index (χ0v) is 10.4. The Labute approximate surface area is 101 Å². The molecule has 1 aromatic heterocycles. The third kappa shape index (κ3) is 3.06. The Morgan fingerprint density at radius 2 is 2.18 bits per heavy atom. The van der Waals surface area contributed by atoms with Crippen molar-refractivity contribution in [2.75, 3.05) is 26.3 Å². The maximum Gasteiger partial charge on any atom is 0.244 e. The highest BCUT2D eigenvalue weighted by molar-refractivity contribution is 5.76. The van der Waals surface area contributed by atoms with E-state index in [9.17, 15) is 4.79 Å². The summed E-state index contributed by atoms with van der Waals surface area (Å²) in [6.45, 7) is 7.22. The molecule has 1 saturated heterocycles. The molecular weight excluding hydrogens is 218 g/mol. The molecule has 1 aromatic rings. The van der Waals surface area contributed by atoms with Gasteiger partial charge in [0.05, 0.1) is 19.4 Å². The van der Waals surface area contributed by atoms with Gasteiger partial charge in [-0.05, 0) is 11.5 Å². The minimum Gasteiger partial charge on any atom is -0.378 e. The quantitative estimate of drug-likeness (QED) is 0.783. The van der Waals surface area contributed by atoms with Gasteiger partial charge < -0.3 is 9.64 Å². The number of carbonyl (C=O) groups is 1. The predicted molar refractivity (Wildman–Crippen MR) is 63.7 cm³/mol. The summed E-state index contributed by atoms with van der Waals surface area (Å²) in [5, 5.41) is 4.21. The Bertz CT molecular complexity index is 381. The van der Waals surface area contributed by atoms with Gasteiger partial charge in [-0.2, -0.15) is 5.10 Å². The highest BCUT2D eigenvalue weighted by Gasteiger charge is 2.17. The lowest BCUT2D eigenvalue weighted by atomic mass is 10.1. The summed E-state index contributed by atoms with van der Waals surface area (Å²) in [4.78, 5) is 13.8. The molecule has 0 saturated carbocycles. The Morgan fingerprint density at radius 1 is 1.47 bits per heavy atom. The van der Waals surface area contributed by atoms with Gasteiger partial charge in [0.2, 0.25) is 5.91 Å². The van der Waals surface area contributed by atoms with E-state index in [1.807, 2.05) is 17.3 Å². The van der Waals surface area contributed by atoms with Gasteiger partial charge >= 0.3 is 0 Å². The molecule has 0 spiro atoms. The number of amides is 1. The van der Waals surface area contributed by atoms with Crippen molar-refractivity contribution < 1.29 is 9.53 Å². The van der Waals surface area contributed by atoms with Gasteiger partial charge in [-0.1, -0.05) is 13.8 Å². The number of ether oxygens (including phenoxy) is 1. The molecule has 0 bridgehead atoms. The molecule has 0 atom stereocenters. The second-order valence-electron chi connectivity index (χ2n) is 4.62. The van der Waals surface area contributed by atoms with Crippen molar-refractivity contribution in [1.29, 1.82) is 0 Å². The normalized spacial score (nSPS) is 16.5. The van der Waals surface area contributed by atoms with E-state index in [-0.39, 0.29) is 5.91 Å². The van der Waals surface area contributed by atoms with E-state index in [1.54, 1.807) is 4.68 Å². The van der Waals surface area contributed by atoms with Crippen molar-refractivity contribution in [3.63, 3.8) is 0 Å². The number of aromatic nitrogens is 2. The first-order valence-corrected chi connectivity index (χ1v) is 6.04. The van der Waals surface area contributed by atoms with Crippen molar-refractivity contribution in [3.8, 4) is 0 Å². The van der Waals surface area contributed by atoms with Gasteiger partial charge in [0.15, 0.2) is 0 Å². The van der Waals surface area contributed by atoms with Gasteiger partial charge in [0, 0.05) is 19.3 Å². The second kappa shape index (κ2) is 5.31. The van der Waals surface area contributed by atoms with Crippen LogP contribution in [0.4, 0.5) is 0 Å². The van der Waals surface area contributed by atoms with E-state index >= 15 is 0 Å². The van der Waals surface area contributed by atoms with Crippen LogP contribution in [0.5, 0.6) is 0 Å². The topological polar surface area (TPSA) is 47.4 Å². The van der Waals surface area contributed by atoms with Crippen LogP contribution in [0.1, 0.15) is 25.3 Å². The predicted octanol–water partition coefficient (Wildman–Crippen LogP) is 0.865. The summed E-state index contributed by atoms with van der Waals surface area (Å²) in [7, 11) is 0. The summed E-state index contributed by atoms with van der Waals surface area (Å²) in [6, 6.07) is 0. The maximum absolute atomic E-state index is 12.0. The molecule has 94 valence electrons. The average molecular weight is 237 g/mol. The number of carbonyl (C=O) groups excluding carboxylic acids is 1. The Balaban J connectivity index is 1.92. The fourth-order valence-corrected chi connectivity index (χ4v) is 1.82.